The molecule has 0 amide bonds. The van der Waals surface area contributed by atoms with Gasteiger partial charge in [0.25, 0.3) is 0 Å². The zero-order valence-corrected chi connectivity index (χ0v) is 12.3. The molecule has 0 spiro atoms. The Balaban J connectivity index is 2.24. The van der Waals surface area contributed by atoms with Gasteiger partial charge < -0.3 is 0 Å². The van der Waals surface area contributed by atoms with Gasteiger partial charge in [-0.15, -0.1) is 11.3 Å². The maximum Gasteiger partial charge on any atom is 0.416 e. The quantitative estimate of drug-likeness (QED) is 0.563. The summed E-state index contributed by atoms with van der Waals surface area (Å²) in [6, 6.07) is 5.17. The Morgan fingerprint density at radius 3 is 2.52 bits per heavy atom. The molecule has 1 aromatic carbocycles. The van der Waals surface area contributed by atoms with Gasteiger partial charge in [-0.25, -0.2) is 9.97 Å². The fraction of sp³-hybridized carbons (Fsp3) is 0.143. The van der Waals surface area contributed by atoms with E-state index in [-0.39, 0.29) is 10.7 Å². The van der Waals surface area contributed by atoms with Crippen LogP contribution in [0.2, 0.25) is 5.15 Å². The molecule has 0 aliphatic rings. The molecular formula is C14H8ClF3N2S. The van der Waals surface area contributed by atoms with Crippen LogP contribution < -0.4 is 0 Å². The molecule has 2 heterocycles. The minimum Gasteiger partial charge on any atom is -0.227 e. The average Bonchev–Trinajstić information content (AvgIpc) is 2.83. The summed E-state index contributed by atoms with van der Waals surface area (Å²) in [6.07, 6.45) is -4.41. The van der Waals surface area contributed by atoms with Crippen molar-refractivity contribution in [2.45, 2.75) is 13.1 Å². The molecule has 3 rings (SSSR count). The van der Waals surface area contributed by atoms with Gasteiger partial charge >= 0.3 is 6.18 Å². The topological polar surface area (TPSA) is 25.8 Å². The summed E-state index contributed by atoms with van der Waals surface area (Å²) in [4.78, 5) is 9.21. The highest BCUT2D eigenvalue weighted by Gasteiger charge is 2.30. The normalized spacial score (nSPS) is 12.0. The van der Waals surface area contributed by atoms with Crippen molar-refractivity contribution in [1.29, 1.82) is 0 Å². The first-order chi connectivity index (χ1) is 9.86. The maximum atomic E-state index is 12.8. The largest absolute Gasteiger partial charge is 0.416 e. The Morgan fingerprint density at radius 2 is 1.90 bits per heavy atom. The molecule has 3 aromatic rings. The lowest BCUT2D eigenvalue weighted by atomic mass is 10.1. The minimum atomic E-state index is -4.41. The van der Waals surface area contributed by atoms with Crippen molar-refractivity contribution < 1.29 is 13.2 Å². The van der Waals surface area contributed by atoms with E-state index in [1.54, 1.807) is 0 Å². The smallest absolute Gasteiger partial charge is 0.227 e. The lowest BCUT2D eigenvalue weighted by Gasteiger charge is -2.09. The second-order valence-electron chi connectivity index (χ2n) is 4.50. The number of nitrogens with zero attached hydrogens (tertiary/aromatic N) is 2. The lowest BCUT2D eigenvalue weighted by Crippen LogP contribution is -2.05. The molecule has 2 nitrogen and oxygen atoms in total. The standard InChI is InChI=1S/C14H8ClF3N2S/c1-7-4-5-21-11(7)13-19-10-6-8(14(16,17)18)2-3-9(10)12(15)20-13/h2-6H,1H3. The summed E-state index contributed by atoms with van der Waals surface area (Å²) in [5.41, 5.74) is 0.397. The molecule has 0 aliphatic heterocycles. The summed E-state index contributed by atoms with van der Waals surface area (Å²) in [7, 11) is 0. The third-order valence-corrected chi connectivity index (χ3v) is 4.34. The van der Waals surface area contributed by atoms with E-state index in [1.165, 1.54) is 17.4 Å². The van der Waals surface area contributed by atoms with E-state index in [0.29, 0.717) is 11.2 Å². The molecule has 0 saturated heterocycles. The van der Waals surface area contributed by atoms with Crippen molar-refractivity contribution in [1.82, 2.24) is 9.97 Å². The van der Waals surface area contributed by atoms with E-state index in [0.717, 1.165) is 22.6 Å². The van der Waals surface area contributed by atoms with Crippen molar-refractivity contribution in [3.05, 3.63) is 45.9 Å². The monoisotopic (exact) mass is 328 g/mol. The van der Waals surface area contributed by atoms with Crippen molar-refractivity contribution in [2.75, 3.05) is 0 Å². The Bertz CT molecular complexity index is 827. The Hall–Kier alpha value is -1.66. The lowest BCUT2D eigenvalue weighted by molar-refractivity contribution is -0.137. The van der Waals surface area contributed by atoms with E-state index in [9.17, 15) is 13.2 Å². The summed E-state index contributed by atoms with van der Waals surface area (Å²) < 4.78 is 38.3. The fourth-order valence-corrected chi connectivity index (χ4v) is 3.07. The Kier molecular flexibility index (Phi) is 3.37. The number of aromatic nitrogens is 2. The van der Waals surface area contributed by atoms with Crippen LogP contribution in [0.25, 0.3) is 21.6 Å². The summed E-state index contributed by atoms with van der Waals surface area (Å²) in [5.74, 6) is 0.347. The van der Waals surface area contributed by atoms with Gasteiger partial charge in [-0.3, -0.25) is 0 Å². The van der Waals surface area contributed by atoms with Gasteiger partial charge in [0.15, 0.2) is 5.82 Å². The van der Waals surface area contributed by atoms with Crippen molar-refractivity contribution >= 4 is 33.8 Å². The van der Waals surface area contributed by atoms with Crippen LogP contribution in [0.3, 0.4) is 0 Å². The molecular weight excluding hydrogens is 321 g/mol. The number of fused-ring (bicyclic) bond motifs is 1. The van der Waals surface area contributed by atoms with Gasteiger partial charge in [-0.05, 0) is 42.1 Å². The SMILES string of the molecule is Cc1ccsc1-c1nc(Cl)c2ccc(C(F)(F)F)cc2n1. The summed E-state index contributed by atoms with van der Waals surface area (Å²) in [5, 5.41) is 2.43. The van der Waals surface area contributed by atoms with Crippen LogP contribution in [0.15, 0.2) is 29.6 Å². The molecule has 21 heavy (non-hydrogen) atoms. The molecule has 7 heteroatoms. The summed E-state index contributed by atoms with van der Waals surface area (Å²) >= 11 is 7.49. The van der Waals surface area contributed by atoms with Gasteiger partial charge in [0, 0.05) is 5.39 Å². The van der Waals surface area contributed by atoms with Gasteiger partial charge in [-0.2, -0.15) is 13.2 Å². The van der Waals surface area contributed by atoms with E-state index in [4.69, 9.17) is 11.6 Å². The first-order valence-electron chi connectivity index (χ1n) is 5.95. The highest BCUT2D eigenvalue weighted by molar-refractivity contribution is 7.13. The highest BCUT2D eigenvalue weighted by atomic mass is 35.5. The number of thiophene rings is 1. The molecule has 0 saturated carbocycles. The number of hydrogen-bond donors (Lipinski definition) is 0. The van der Waals surface area contributed by atoms with Crippen LogP contribution in [-0.2, 0) is 6.18 Å². The number of halogens is 4. The van der Waals surface area contributed by atoms with E-state index < -0.39 is 11.7 Å². The van der Waals surface area contributed by atoms with E-state index in [1.807, 2.05) is 18.4 Å². The first-order valence-corrected chi connectivity index (χ1v) is 7.21. The van der Waals surface area contributed by atoms with Gasteiger partial charge in [-0.1, -0.05) is 11.6 Å². The summed E-state index contributed by atoms with van der Waals surface area (Å²) in [6.45, 7) is 1.89. The minimum absolute atomic E-state index is 0.150. The highest BCUT2D eigenvalue weighted by Crippen LogP contribution is 2.34. The van der Waals surface area contributed by atoms with Crippen LogP contribution in [0.1, 0.15) is 11.1 Å². The second-order valence-corrected chi connectivity index (χ2v) is 5.77. The molecule has 2 aromatic heterocycles. The predicted octanol–water partition coefficient (Wildman–Crippen LogP) is 5.34. The number of benzene rings is 1. The van der Waals surface area contributed by atoms with Gasteiger partial charge in [0.1, 0.15) is 5.15 Å². The number of rotatable bonds is 1. The van der Waals surface area contributed by atoms with Crippen molar-refractivity contribution in [2.24, 2.45) is 0 Å². The fourth-order valence-electron chi connectivity index (χ4n) is 1.97. The number of aryl methyl sites for hydroxylation is 1. The van der Waals surface area contributed by atoms with E-state index >= 15 is 0 Å². The van der Waals surface area contributed by atoms with Crippen LogP contribution >= 0.6 is 22.9 Å². The third kappa shape index (κ3) is 2.61. The zero-order chi connectivity index (χ0) is 15.2. The van der Waals surface area contributed by atoms with Crippen LogP contribution in [-0.4, -0.2) is 9.97 Å². The average molecular weight is 329 g/mol. The van der Waals surface area contributed by atoms with E-state index in [2.05, 4.69) is 9.97 Å². The predicted molar refractivity (Wildman–Crippen MR) is 77.6 cm³/mol. The maximum absolute atomic E-state index is 12.8. The number of hydrogen-bond acceptors (Lipinski definition) is 3. The first kappa shape index (κ1) is 14.3. The molecule has 0 bridgehead atoms. The molecule has 0 atom stereocenters. The molecule has 0 radical (unpaired) electrons. The van der Waals surface area contributed by atoms with Crippen LogP contribution in [0, 0.1) is 6.92 Å². The molecule has 0 unspecified atom stereocenters. The van der Waals surface area contributed by atoms with Crippen LogP contribution in [0.5, 0.6) is 0 Å². The molecule has 0 N–H and O–H groups in total. The molecule has 0 fully saturated rings. The third-order valence-electron chi connectivity index (χ3n) is 3.04. The van der Waals surface area contributed by atoms with Gasteiger partial charge in [0.05, 0.1) is 16.0 Å². The molecule has 108 valence electrons. The Labute approximate surface area is 127 Å². The zero-order valence-electron chi connectivity index (χ0n) is 10.7. The van der Waals surface area contributed by atoms with Crippen molar-refractivity contribution in [3.63, 3.8) is 0 Å². The van der Waals surface area contributed by atoms with Crippen LogP contribution in [0.4, 0.5) is 13.2 Å². The second kappa shape index (κ2) is 4.96. The van der Waals surface area contributed by atoms with Gasteiger partial charge in [0.2, 0.25) is 0 Å². The molecule has 0 aliphatic carbocycles. The Morgan fingerprint density at radius 1 is 1.14 bits per heavy atom. The van der Waals surface area contributed by atoms with Crippen molar-refractivity contribution in [3.8, 4) is 10.7 Å². The number of alkyl halides is 3.